The molecule has 0 spiro atoms. The van der Waals surface area contributed by atoms with Crippen molar-refractivity contribution in [3.05, 3.63) is 119 Å². The number of anilines is 1. The van der Waals surface area contributed by atoms with Crippen LogP contribution in [0.25, 0.3) is 16.9 Å². The van der Waals surface area contributed by atoms with Crippen molar-refractivity contribution in [1.29, 1.82) is 0 Å². The highest BCUT2D eigenvalue weighted by Gasteiger charge is 2.15. The molecule has 0 unspecified atom stereocenters. The van der Waals surface area contributed by atoms with Crippen molar-refractivity contribution in [3.63, 3.8) is 0 Å². The maximum atomic E-state index is 5.68. The molecule has 0 amide bonds. The predicted molar refractivity (Wildman–Crippen MR) is 154 cm³/mol. The summed E-state index contributed by atoms with van der Waals surface area (Å²) < 4.78 is 3.93. The molecular weight excluding hydrogens is 476 g/mol. The molecule has 2 heterocycles. The van der Waals surface area contributed by atoms with Crippen LogP contribution in [0.5, 0.6) is 0 Å². The van der Waals surface area contributed by atoms with E-state index < -0.39 is 0 Å². The van der Waals surface area contributed by atoms with E-state index in [1.54, 1.807) is 0 Å². The van der Waals surface area contributed by atoms with Gasteiger partial charge in [0.1, 0.15) is 0 Å². The molecule has 0 saturated heterocycles. The third kappa shape index (κ3) is 5.62. The van der Waals surface area contributed by atoms with Crippen LogP contribution in [0.3, 0.4) is 0 Å². The maximum Gasteiger partial charge on any atom is 0.171 e. The Morgan fingerprint density at radius 2 is 1.51 bits per heavy atom. The van der Waals surface area contributed by atoms with E-state index in [1.807, 2.05) is 64.8 Å². The van der Waals surface area contributed by atoms with Crippen molar-refractivity contribution >= 4 is 23.0 Å². The molecule has 0 radical (unpaired) electrons. The van der Waals surface area contributed by atoms with Gasteiger partial charge in [0.2, 0.25) is 0 Å². The van der Waals surface area contributed by atoms with Crippen LogP contribution in [0, 0.1) is 20.8 Å². The largest absolute Gasteiger partial charge is 0.358 e. The van der Waals surface area contributed by atoms with Crippen molar-refractivity contribution in [2.24, 2.45) is 0 Å². The van der Waals surface area contributed by atoms with E-state index in [1.165, 1.54) is 11.1 Å². The second-order valence-corrected chi connectivity index (χ2v) is 9.55. The quantitative estimate of drug-likeness (QED) is 0.258. The molecule has 37 heavy (non-hydrogen) atoms. The predicted octanol–water partition coefficient (Wildman–Crippen LogP) is 6.20. The van der Waals surface area contributed by atoms with E-state index in [0.29, 0.717) is 18.2 Å². The Kier molecular flexibility index (Phi) is 7.14. The van der Waals surface area contributed by atoms with Crippen LogP contribution >= 0.6 is 12.2 Å². The van der Waals surface area contributed by atoms with Crippen molar-refractivity contribution in [1.82, 2.24) is 24.9 Å². The molecule has 0 aliphatic carbocycles. The van der Waals surface area contributed by atoms with Crippen molar-refractivity contribution in [2.45, 2.75) is 33.9 Å². The van der Waals surface area contributed by atoms with Gasteiger partial charge in [0, 0.05) is 23.9 Å². The summed E-state index contributed by atoms with van der Waals surface area (Å²) in [7, 11) is 0. The average molecular weight is 507 g/mol. The number of aryl methyl sites for hydroxylation is 2. The van der Waals surface area contributed by atoms with Crippen LogP contribution in [0.15, 0.2) is 91.1 Å². The second kappa shape index (κ2) is 10.8. The fourth-order valence-electron chi connectivity index (χ4n) is 4.32. The van der Waals surface area contributed by atoms with Crippen LogP contribution in [0.2, 0.25) is 0 Å². The zero-order valence-corrected chi connectivity index (χ0v) is 22.1. The van der Waals surface area contributed by atoms with Gasteiger partial charge in [0.25, 0.3) is 0 Å². The minimum absolute atomic E-state index is 0.540. The monoisotopic (exact) mass is 506 g/mol. The summed E-state index contributed by atoms with van der Waals surface area (Å²) in [6, 6.07) is 28.9. The SMILES string of the molecule is Cc1ccc(Cn2nc(C)c(NC(=S)NCc3cn(-c4ccccc4)nc3-c3ccccc3)c2C)cc1. The fourth-order valence-corrected chi connectivity index (χ4v) is 4.50. The lowest BCUT2D eigenvalue weighted by Gasteiger charge is -2.11. The van der Waals surface area contributed by atoms with E-state index in [2.05, 4.69) is 67.1 Å². The molecule has 0 fully saturated rings. The van der Waals surface area contributed by atoms with Gasteiger partial charge >= 0.3 is 0 Å². The van der Waals surface area contributed by atoms with Crippen molar-refractivity contribution < 1.29 is 0 Å². The Hall–Kier alpha value is -4.23. The molecule has 6 nitrogen and oxygen atoms in total. The Labute approximate surface area is 223 Å². The van der Waals surface area contributed by atoms with Crippen LogP contribution in [-0.2, 0) is 13.1 Å². The maximum absolute atomic E-state index is 5.68. The third-order valence-electron chi connectivity index (χ3n) is 6.37. The number of nitrogens with zero attached hydrogens (tertiary/aromatic N) is 4. The summed E-state index contributed by atoms with van der Waals surface area (Å²) in [6.45, 7) is 7.42. The Morgan fingerprint density at radius 1 is 0.838 bits per heavy atom. The smallest absolute Gasteiger partial charge is 0.171 e. The van der Waals surface area contributed by atoms with Gasteiger partial charge in [-0.1, -0.05) is 78.4 Å². The van der Waals surface area contributed by atoms with Crippen LogP contribution < -0.4 is 10.6 Å². The van der Waals surface area contributed by atoms with Gasteiger partial charge < -0.3 is 10.6 Å². The number of para-hydroxylation sites is 1. The van der Waals surface area contributed by atoms with Crippen LogP contribution in [0.4, 0.5) is 5.69 Å². The van der Waals surface area contributed by atoms with E-state index in [0.717, 1.165) is 39.6 Å². The molecule has 0 aliphatic rings. The highest BCUT2D eigenvalue weighted by atomic mass is 32.1. The summed E-state index contributed by atoms with van der Waals surface area (Å²) in [5.74, 6) is 0. The number of hydrogen-bond acceptors (Lipinski definition) is 3. The summed E-state index contributed by atoms with van der Waals surface area (Å²) in [6.07, 6.45) is 2.06. The van der Waals surface area contributed by atoms with Gasteiger partial charge in [-0.3, -0.25) is 4.68 Å². The van der Waals surface area contributed by atoms with Gasteiger partial charge in [0.05, 0.1) is 35.0 Å². The first-order valence-corrected chi connectivity index (χ1v) is 12.7. The number of benzene rings is 3. The number of nitrogens with one attached hydrogen (secondary N) is 2. The minimum Gasteiger partial charge on any atom is -0.358 e. The zero-order chi connectivity index (χ0) is 25.8. The van der Waals surface area contributed by atoms with Gasteiger partial charge in [-0.05, 0) is 50.7 Å². The molecule has 5 rings (SSSR count). The standard InChI is InChI=1S/C30H30N6S/c1-21-14-16-24(17-15-21)19-35-23(3)28(22(2)33-35)32-30(37)31-18-26-20-36(27-12-8-5-9-13-27)34-29(26)25-10-6-4-7-11-25/h4-17,20H,18-19H2,1-3H3,(H2,31,32,37). The number of thiocarbonyl (C=S) groups is 1. The number of hydrogen-bond donors (Lipinski definition) is 2. The normalized spacial score (nSPS) is 10.9. The number of rotatable bonds is 7. The molecule has 186 valence electrons. The summed E-state index contributed by atoms with van der Waals surface area (Å²) in [5.41, 5.74) is 9.43. The van der Waals surface area contributed by atoms with Crippen molar-refractivity contribution in [3.8, 4) is 16.9 Å². The molecule has 3 aromatic carbocycles. The molecule has 5 aromatic rings. The Morgan fingerprint density at radius 3 is 2.22 bits per heavy atom. The Bertz CT molecular complexity index is 1500. The fraction of sp³-hybridized carbons (Fsp3) is 0.167. The zero-order valence-electron chi connectivity index (χ0n) is 21.3. The molecule has 0 aliphatic heterocycles. The molecular formula is C30H30N6S. The molecule has 7 heteroatoms. The lowest BCUT2D eigenvalue weighted by Crippen LogP contribution is -2.28. The first kappa shape index (κ1) is 24.5. The van der Waals surface area contributed by atoms with E-state index in [-0.39, 0.29) is 0 Å². The first-order chi connectivity index (χ1) is 18.0. The van der Waals surface area contributed by atoms with Gasteiger partial charge in [-0.25, -0.2) is 4.68 Å². The summed E-state index contributed by atoms with van der Waals surface area (Å²) in [4.78, 5) is 0. The highest BCUT2D eigenvalue weighted by molar-refractivity contribution is 7.80. The summed E-state index contributed by atoms with van der Waals surface area (Å²) in [5, 5.41) is 16.9. The van der Waals surface area contributed by atoms with Gasteiger partial charge in [-0.15, -0.1) is 0 Å². The van der Waals surface area contributed by atoms with Gasteiger partial charge in [0.15, 0.2) is 5.11 Å². The minimum atomic E-state index is 0.540. The second-order valence-electron chi connectivity index (χ2n) is 9.15. The van der Waals surface area contributed by atoms with Crippen LogP contribution in [-0.4, -0.2) is 24.7 Å². The first-order valence-electron chi connectivity index (χ1n) is 12.3. The molecule has 0 atom stereocenters. The highest BCUT2D eigenvalue weighted by Crippen LogP contribution is 2.24. The van der Waals surface area contributed by atoms with E-state index in [4.69, 9.17) is 22.4 Å². The topological polar surface area (TPSA) is 59.7 Å². The van der Waals surface area contributed by atoms with E-state index >= 15 is 0 Å². The lowest BCUT2D eigenvalue weighted by atomic mass is 10.1. The molecule has 2 aromatic heterocycles. The molecule has 2 N–H and O–H groups in total. The lowest BCUT2D eigenvalue weighted by molar-refractivity contribution is 0.659. The van der Waals surface area contributed by atoms with Gasteiger partial charge in [-0.2, -0.15) is 10.2 Å². The molecule has 0 saturated carbocycles. The third-order valence-corrected chi connectivity index (χ3v) is 6.62. The van der Waals surface area contributed by atoms with E-state index in [9.17, 15) is 0 Å². The number of aromatic nitrogens is 4. The average Bonchev–Trinajstić information content (AvgIpc) is 3.46. The summed E-state index contributed by atoms with van der Waals surface area (Å²) >= 11 is 5.68. The Balaban J connectivity index is 1.31. The molecule has 0 bridgehead atoms. The van der Waals surface area contributed by atoms with Crippen molar-refractivity contribution in [2.75, 3.05) is 5.32 Å². The van der Waals surface area contributed by atoms with Crippen LogP contribution in [0.1, 0.15) is 28.1 Å².